The van der Waals surface area contributed by atoms with Crippen molar-refractivity contribution < 1.29 is 9.18 Å². The minimum absolute atomic E-state index is 0.105. The van der Waals surface area contributed by atoms with Crippen LogP contribution in [0.2, 0.25) is 0 Å². The Morgan fingerprint density at radius 3 is 2.05 bits per heavy atom. The molecule has 0 bridgehead atoms. The lowest BCUT2D eigenvalue weighted by Crippen LogP contribution is -2.04. The zero-order valence-corrected chi connectivity index (χ0v) is 10.9. The van der Waals surface area contributed by atoms with E-state index in [9.17, 15) is 9.18 Å². The van der Waals surface area contributed by atoms with E-state index in [1.54, 1.807) is 24.5 Å². The lowest BCUT2D eigenvalue weighted by Gasteiger charge is -2.09. The molecule has 0 N–H and O–H groups in total. The Morgan fingerprint density at radius 2 is 1.53 bits per heavy atom. The number of halogens is 1. The predicted molar refractivity (Wildman–Crippen MR) is 73.2 cm³/mol. The molecule has 2 nitrogen and oxygen atoms in total. The standard InChI is InChI=1S/C16H14FNO/c1-11(2)15(12-7-9-18-10-8-12)16(19)13-3-5-14(17)6-4-13/h3-10H,1-2H3. The highest BCUT2D eigenvalue weighted by molar-refractivity contribution is 6.29. The third-order valence-electron chi connectivity index (χ3n) is 2.80. The Bertz CT molecular complexity index is 611. The van der Waals surface area contributed by atoms with Gasteiger partial charge in [-0.2, -0.15) is 0 Å². The van der Waals surface area contributed by atoms with Crippen molar-refractivity contribution in [3.63, 3.8) is 0 Å². The van der Waals surface area contributed by atoms with E-state index in [1.807, 2.05) is 13.8 Å². The number of nitrogens with zero attached hydrogens (tertiary/aromatic N) is 1. The summed E-state index contributed by atoms with van der Waals surface area (Å²) in [4.78, 5) is 16.4. The largest absolute Gasteiger partial charge is 0.289 e. The molecule has 3 heteroatoms. The number of carbonyl (C=O) groups excluding carboxylic acids is 1. The highest BCUT2D eigenvalue weighted by Crippen LogP contribution is 2.23. The fourth-order valence-corrected chi connectivity index (χ4v) is 1.91. The van der Waals surface area contributed by atoms with Crippen LogP contribution in [0.1, 0.15) is 29.8 Å². The van der Waals surface area contributed by atoms with Crippen LogP contribution in [0.15, 0.2) is 54.4 Å². The first-order chi connectivity index (χ1) is 9.09. The molecule has 1 aromatic heterocycles. The zero-order chi connectivity index (χ0) is 13.8. The van der Waals surface area contributed by atoms with Gasteiger partial charge in [0.2, 0.25) is 0 Å². The van der Waals surface area contributed by atoms with Crippen LogP contribution in [0.5, 0.6) is 0 Å². The number of pyridine rings is 1. The summed E-state index contributed by atoms with van der Waals surface area (Å²) in [6.45, 7) is 3.77. The number of hydrogen-bond donors (Lipinski definition) is 0. The van der Waals surface area contributed by atoms with Crippen LogP contribution in [0.25, 0.3) is 5.57 Å². The van der Waals surface area contributed by atoms with Crippen molar-refractivity contribution in [1.82, 2.24) is 4.98 Å². The zero-order valence-electron chi connectivity index (χ0n) is 10.9. The maximum absolute atomic E-state index is 12.9. The Hall–Kier alpha value is -2.29. The number of carbonyl (C=O) groups is 1. The second-order valence-corrected chi connectivity index (χ2v) is 4.45. The molecule has 2 aromatic rings. The highest BCUT2D eigenvalue weighted by Gasteiger charge is 2.15. The fraction of sp³-hybridized carbons (Fsp3) is 0.125. The second-order valence-electron chi connectivity index (χ2n) is 4.45. The minimum Gasteiger partial charge on any atom is -0.289 e. The molecule has 0 fully saturated rings. The average Bonchev–Trinajstić information content (AvgIpc) is 2.40. The predicted octanol–water partition coefficient (Wildman–Crippen LogP) is 3.90. The molecule has 0 aliphatic carbocycles. The first kappa shape index (κ1) is 13.1. The van der Waals surface area contributed by atoms with Crippen molar-refractivity contribution in [2.75, 3.05) is 0 Å². The van der Waals surface area contributed by atoms with Gasteiger partial charge < -0.3 is 0 Å². The molecule has 19 heavy (non-hydrogen) atoms. The van der Waals surface area contributed by atoms with E-state index >= 15 is 0 Å². The number of aromatic nitrogens is 1. The number of Topliss-reactive ketones (excluding diaryl/α,β-unsaturated/α-hetero) is 1. The van der Waals surface area contributed by atoms with Crippen molar-refractivity contribution in [3.8, 4) is 0 Å². The fourth-order valence-electron chi connectivity index (χ4n) is 1.91. The molecule has 0 saturated carbocycles. The lowest BCUT2D eigenvalue weighted by atomic mass is 9.94. The molecule has 1 heterocycles. The molecule has 2 rings (SSSR count). The smallest absolute Gasteiger partial charge is 0.193 e. The van der Waals surface area contributed by atoms with Crippen LogP contribution in [0.3, 0.4) is 0 Å². The summed E-state index contributed by atoms with van der Waals surface area (Å²) in [6.07, 6.45) is 3.30. The van der Waals surface area contributed by atoms with Gasteiger partial charge in [-0.3, -0.25) is 9.78 Å². The van der Waals surface area contributed by atoms with Crippen molar-refractivity contribution in [2.45, 2.75) is 13.8 Å². The number of benzene rings is 1. The first-order valence-electron chi connectivity index (χ1n) is 5.97. The van der Waals surface area contributed by atoms with Crippen molar-refractivity contribution >= 4 is 11.4 Å². The van der Waals surface area contributed by atoms with Crippen LogP contribution in [0.4, 0.5) is 4.39 Å². The SMILES string of the molecule is CC(C)=C(C(=O)c1ccc(F)cc1)c1ccncc1. The molecule has 0 aliphatic rings. The van der Waals surface area contributed by atoms with E-state index in [2.05, 4.69) is 4.98 Å². The molecule has 0 spiro atoms. The Morgan fingerprint density at radius 1 is 0.947 bits per heavy atom. The quantitative estimate of drug-likeness (QED) is 0.615. The van der Waals surface area contributed by atoms with Gasteiger partial charge in [0, 0.05) is 23.5 Å². The molecular formula is C16H14FNO. The van der Waals surface area contributed by atoms with Gasteiger partial charge in [0.1, 0.15) is 5.82 Å². The summed E-state index contributed by atoms with van der Waals surface area (Å²) in [5.41, 5.74) is 2.85. The van der Waals surface area contributed by atoms with Crippen molar-refractivity contribution in [3.05, 3.63) is 71.3 Å². The average molecular weight is 255 g/mol. The molecule has 96 valence electrons. The molecule has 0 atom stereocenters. The summed E-state index contributed by atoms with van der Waals surface area (Å²) in [6, 6.07) is 9.18. The highest BCUT2D eigenvalue weighted by atomic mass is 19.1. The van der Waals surface area contributed by atoms with E-state index in [1.165, 1.54) is 24.3 Å². The summed E-state index contributed by atoms with van der Waals surface area (Å²) in [5, 5.41) is 0. The van der Waals surface area contributed by atoms with E-state index in [-0.39, 0.29) is 11.6 Å². The van der Waals surface area contributed by atoms with Crippen LogP contribution < -0.4 is 0 Å². The lowest BCUT2D eigenvalue weighted by molar-refractivity contribution is 0.105. The number of rotatable bonds is 3. The summed E-state index contributed by atoms with van der Waals surface area (Å²) < 4.78 is 12.9. The Kier molecular flexibility index (Phi) is 3.85. The van der Waals surface area contributed by atoms with Crippen LogP contribution >= 0.6 is 0 Å². The molecule has 0 amide bonds. The van der Waals surface area contributed by atoms with Crippen LogP contribution in [-0.4, -0.2) is 10.8 Å². The van der Waals surface area contributed by atoms with Gasteiger partial charge in [-0.05, 0) is 55.8 Å². The van der Waals surface area contributed by atoms with Crippen molar-refractivity contribution in [2.24, 2.45) is 0 Å². The number of hydrogen-bond acceptors (Lipinski definition) is 2. The molecule has 0 saturated heterocycles. The summed E-state index contributed by atoms with van der Waals surface area (Å²) in [7, 11) is 0. The molecule has 0 unspecified atom stereocenters. The van der Waals surface area contributed by atoms with Gasteiger partial charge in [0.15, 0.2) is 5.78 Å². The topological polar surface area (TPSA) is 30.0 Å². The monoisotopic (exact) mass is 255 g/mol. The molecule has 1 aromatic carbocycles. The van der Waals surface area contributed by atoms with Gasteiger partial charge in [-0.1, -0.05) is 5.57 Å². The summed E-state index contributed by atoms with van der Waals surface area (Å²) in [5.74, 6) is -0.453. The van der Waals surface area contributed by atoms with Crippen molar-refractivity contribution in [1.29, 1.82) is 0 Å². The van der Waals surface area contributed by atoms with Gasteiger partial charge in [-0.15, -0.1) is 0 Å². The Balaban J connectivity index is 2.45. The Labute approximate surface area is 111 Å². The number of allylic oxidation sites excluding steroid dienone is 2. The maximum atomic E-state index is 12.9. The van der Waals surface area contributed by atoms with E-state index in [0.717, 1.165) is 11.1 Å². The maximum Gasteiger partial charge on any atom is 0.193 e. The van der Waals surface area contributed by atoms with Crippen LogP contribution in [-0.2, 0) is 0 Å². The van der Waals surface area contributed by atoms with E-state index in [0.29, 0.717) is 11.1 Å². The second kappa shape index (κ2) is 5.57. The van der Waals surface area contributed by atoms with Crippen LogP contribution in [0, 0.1) is 5.82 Å². The molecule has 0 radical (unpaired) electrons. The normalized spacial score (nSPS) is 10.1. The van der Waals surface area contributed by atoms with Gasteiger partial charge in [0.25, 0.3) is 0 Å². The number of ketones is 1. The summed E-state index contributed by atoms with van der Waals surface area (Å²) >= 11 is 0. The third kappa shape index (κ3) is 2.94. The minimum atomic E-state index is -0.348. The van der Waals surface area contributed by atoms with E-state index in [4.69, 9.17) is 0 Å². The molecular weight excluding hydrogens is 241 g/mol. The van der Waals surface area contributed by atoms with Gasteiger partial charge in [0.05, 0.1) is 0 Å². The molecule has 0 aliphatic heterocycles. The van der Waals surface area contributed by atoms with Gasteiger partial charge in [-0.25, -0.2) is 4.39 Å². The first-order valence-corrected chi connectivity index (χ1v) is 5.97. The third-order valence-corrected chi connectivity index (χ3v) is 2.80. The van der Waals surface area contributed by atoms with Gasteiger partial charge >= 0.3 is 0 Å². The van der Waals surface area contributed by atoms with E-state index < -0.39 is 0 Å².